The van der Waals surface area contributed by atoms with Gasteiger partial charge in [0.1, 0.15) is 12.3 Å². The Labute approximate surface area is 183 Å². The maximum atomic E-state index is 10.5. The summed E-state index contributed by atoms with van der Waals surface area (Å²) in [4.78, 5) is 4.50. The molecule has 31 heavy (non-hydrogen) atoms. The van der Waals surface area contributed by atoms with Gasteiger partial charge in [-0.15, -0.1) is 6.42 Å². The molecule has 1 aliphatic heterocycles. The van der Waals surface area contributed by atoms with Crippen LogP contribution in [0.3, 0.4) is 0 Å². The molecule has 0 bridgehead atoms. The van der Waals surface area contributed by atoms with E-state index in [1.807, 2.05) is 18.2 Å². The maximum absolute atomic E-state index is 10.5. The number of aliphatic hydroxyl groups is 1. The molecule has 2 aromatic rings. The van der Waals surface area contributed by atoms with E-state index in [9.17, 15) is 5.11 Å². The number of anilines is 1. The Bertz CT molecular complexity index is 853. The van der Waals surface area contributed by atoms with Crippen molar-refractivity contribution in [1.29, 1.82) is 0 Å². The number of aromatic nitrogens is 1. The standard InChI is InChI=1S/C24H31N3O4/c1-2-12-30-18-21(28)16-26(15-19-8-9-19)17-22-23(20-6-4-3-5-7-20)25-31-24(22)27-10-13-29-14-11-27/h1,3-7,19,21,28H,8-18H2. The average molecular weight is 426 g/mol. The smallest absolute Gasteiger partial charge is 0.232 e. The van der Waals surface area contributed by atoms with Crippen molar-refractivity contribution < 1.29 is 19.1 Å². The fraction of sp³-hybridized carbons (Fsp3) is 0.542. The second-order valence-corrected chi connectivity index (χ2v) is 8.29. The highest BCUT2D eigenvalue weighted by molar-refractivity contribution is 5.68. The molecule has 166 valence electrons. The molecule has 1 saturated heterocycles. The number of morpholine rings is 1. The van der Waals surface area contributed by atoms with Crippen LogP contribution in [0.25, 0.3) is 11.3 Å². The van der Waals surface area contributed by atoms with Crippen molar-refractivity contribution in [2.45, 2.75) is 25.5 Å². The first kappa shape index (κ1) is 21.8. The molecule has 1 unspecified atom stereocenters. The van der Waals surface area contributed by atoms with E-state index in [-0.39, 0.29) is 13.2 Å². The summed E-state index contributed by atoms with van der Waals surface area (Å²) in [6.07, 6.45) is 7.13. The van der Waals surface area contributed by atoms with Gasteiger partial charge in [0, 0.05) is 38.3 Å². The molecule has 1 aliphatic carbocycles. The van der Waals surface area contributed by atoms with Crippen LogP contribution in [0.1, 0.15) is 18.4 Å². The molecular weight excluding hydrogens is 394 g/mol. The Morgan fingerprint density at radius 1 is 1.26 bits per heavy atom. The van der Waals surface area contributed by atoms with Crippen LogP contribution >= 0.6 is 0 Å². The Morgan fingerprint density at radius 3 is 2.74 bits per heavy atom. The third-order valence-electron chi connectivity index (χ3n) is 5.67. The van der Waals surface area contributed by atoms with Crippen LogP contribution in [0.15, 0.2) is 34.9 Å². The molecule has 0 amide bonds. The van der Waals surface area contributed by atoms with Crippen molar-refractivity contribution >= 4 is 5.88 Å². The molecule has 1 N–H and O–H groups in total. The molecule has 1 aromatic heterocycles. The lowest BCUT2D eigenvalue weighted by Gasteiger charge is -2.29. The summed E-state index contributed by atoms with van der Waals surface area (Å²) in [5, 5.41) is 15.0. The lowest BCUT2D eigenvalue weighted by molar-refractivity contribution is 0.0251. The summed E-state index contributed by atoms with van der Waals surface area (Å²) in [6, 6.07) is 10.1. The SMILES string of the molecule is C#CCOCC(O)CN(Cc1c(-c2ccccc2)noc1N1CCOCC1)CC1CC1. The molecule has 7 nitrogen and oxygen atoms in total. The van der Waals surface area contributed by atoms with Gasteiger partial charge < -0.3 is 24.0 Å². The number of aliphatic hydroxyl groups excluding tert-OH is 1. The number of hydrogen-bond donors (Lipinski definition) is 1. The van der Waals surface area contributed by atoms with Crippen LogP contribution in [0.5, 0.6) is 0 Å². The quantitative estimate of drug-likeness (QED) is 0.438. The molecule has 7 heteroatoms. The zero-order valence-corrected chi connectivity index (χ0v) is 17.9. The van der Waals surface area contributed by atoms with Gasteiger partial charge in [0.25, 0.3) is 0 Å². The first-order chi connectivity index (χ1) is 15.2. The molecule has 2 aliphatic rings. The van der Waals surface area contributed by atoms with Gasteiger partial charge in [-0.2, -0.15) is 0 Å². The van der Waals surface area contributed by atoms with Gasteiger partial charge in [-0.25, -0.2) is 0 Å². The summed E-state index contributed by atoms with van der Waals surface area (Å²) in [7, 11) is 0. The lowest BCUT2D eigenvalue weighted by atomic mass is 10.1. The van der Waals surface area contributed by atoms with Gasteiger partial charge in [0.05, 0.1) is 31.5 Å². The third-order valence-corrected chi connectivity index (χ3v) is 5.67. The van der Waals surface area contributed by atoms with Crippen molar-refractivity contribution in [1.82, 2.24) is 10.1 Å². The van der Waals surface area contributed by atoms with Crippen LogP contribution in [-0.2, 0) is 16.0 Å². The van der Waals surface area contributed by atoms with E-state index in [1.54, 1.807) is 0 Å². The number of hydrogen-bond acceptors (Lipinski definition) is 7. The molecule has 2 heterocycles. The Balaban J connectivity index is 1.56. The van der Waals surface area contributed by atoms with Crippen molar-refractivity contribution in [2.75, 3.05) is 57.5 Å². The highest BCUT2D eigenvalue weighted by Gasteiger charge is 2.29. The maximum Gasteiger partial charge on any atom is 0.232 e. The van der Waals surface area contributed by atoms with E-state index < -0.39 is 6.10 Å². The second kappa shape index (κ2) is 10.8. The lowest BCUT2D eigenvalue weighted by Crippen LogP contribution is -2.38. The normalized spacial score (nSPS) is 17.6. The minimum atomic E-state index is -0.598. The topological polar surface area (TPSA) is 71.2 Å². The monoisotopic (exact) mass is 425 g/mol. The summed E-state index contributed by atoms with van der Waals surface area (Å²) in [5.41, 5.74) is 2.96. The fourth-order valence-electron chi connectivity index (χ4n) is 3.98. The van der Waals surface area contributed by atoms with E-state index in [0.717, 1.165) is 42.3 Å². The van der Waals surface area contributed by atoms with Gasteiger partial charge in [-0.3, -0.25) is 4.90 Å². The molecule has 1 saturated carbocycles. The third kappa shape index (κ3) is 6.08. The number of rotatable bonds is 11. The van der Waals surface area contributed by atoms with Crippen LogP contribution in [0, 0.1) is 18.3 Å². The minimum absolute atomic E-state index is 0.213. The largest absolute Gasteiger partial charge is 0.389 e. The minimum Gasteiger partial charge on any atom is -0.389 e. The summed E-state index contributed by atoms with van der Waals surface area (Å²) in [6.45, 7) is 5.47. The fourth-order valence-corrected chi connectivity index (χ4v) is 3.98. The molecule has 0 radical (unpaired) electrons. The Morgan fingerprint density at radius 2 is 2.03 bits per heavy atom. The highest BCUT2D eigenvalue weighted by atomic mass is 16.5. The summed E-state index contributed by atoms with van der Waals surface area (Å²) < 4.78 is 16.7. The van der Waals surface area contributed by atoms with Crippen LogP contribution in [-0.4, -0.2) is 73.9 Å². The van der Waals surface area contributed by atoms with Crippen molar-refractivity contribution in [3.63, 3.8) is 0 Å². The van der Waals surface area contributed by atoms with Gasteiger partial charge in [0.15, 0.2) is 0 Å². The molecule has 2 fully saturated rings. The zero-order chi connectivity index (χ0) is 21.5. The number of benzene rings is 1. The van der Waals surface area contributed by atoms with E-state index in [2.05, 4.69) is 33.0 Å². The van der Waals surface area contributed by atoms with Gasteiger partial charge in [0.2, 0.25) is 5.88 Å². The van der Waals surface area contributed by atoms with E-state index in [0.29, 0.717) is 32.2 Å². The molecule has 1 aromatic carbocycles. The number of nitrogens with zero attached hydrogens (tertiary/aromatic N) is 3. The predicted molar refractivity (Wildman–Crippen MR) is 119 cm³/mol. The van der Waals surface area contributed by atoms with Gasteiger partial charge >= 0.3 is 0 Å². The molecule has 1 atom stereocenters. The van der Waals surface area contributed by atoms with Crippen LogP contribution < -0.4 is 4.90 Å². The highest BCUT2D eigenvalue weighted by Crippen LogP contribution is 2.35. The van der Waals surface area contributed by atoms with Crippen LogP contribution in [0.2, 0.25) is 0 Å². The Kier molecular flexibility index (Phi) is 7.60. The van der Waals surface area contributed by atoms with Gasteiger partial charge in [-0.05, 0) is 18.8 Å². The average Bonchev–Trinajstić information content (AvgIpc) is 3.52. The first-order valence-electron chi connectivity index (χ1n) is 11.0. The first-order valence-corrected chi connectivity index (χ1v) is 11.0. The van der Waals surface area contributed by atoms with E-state index in [1.165, 1.54) is 12.8 Å². The zero-order valence-electron chi connectivity index (χ0n) is 17.9. The summed E-state index contributed by atoms with van der Waals surface area (Å²) >= 11 is 0. The van der Waals surface area contributed by atoms with Crippen LogP contribution in [0.4, 0.5) is 5.88 Å². The molecule has 4 rings (SSSR count). The number of ether oxygens (including phenoxy) is 2. The Hall–Kier alpha value is -2.37. The van der Waals surface area contributed by atoms with Crippen molar-refractivity contribution in [3.8, 4) is 23.6 Å². The van der Waals surface area contributed by atoms with Crippen molar-refractivity contribution in [2.24, 2.45) is 5.92 Å². The summed E-state index contributed by atoms with van der Waals surface area (Å²) in [5.74, 6) is 3.93. The van der Waals surface area contributed by atoms with E-state index >= 15 is 0 Å². The number of terminal acetylenes is 1. The molecular formula is C24H31N3O4. The van der Waals surface area contributed by atoms with Gasteiger partial charge in [-0.1, -0.05) is 41.4 Å². The second-order valence-electron chi connectivity index (χ2n) is 8.29. The van der Waals surface area contributed by atoms with Crippen molar-refractivity contribution in [3.05, 3.63) is 35.9 Å². The van der Waals surface area contributed by atoms with E-state index in [4.69, 9.17) is 20.4 Å². The predicted octanol–water partition coefficient (Wildman–Crippen LogP) is 2.40. The molecule has 0 spiro atoms.